The van der Waals surface area contributed by atoms with Gasteiger partial charge in [-0.2, -0.15) is 5.10 Å². The molecule has 2 atom stereocenters. The molecule has 4 rings (SSSR count). The van der Waals surface area contributed by atoms with Crippen LogP contribution in [-0.4, -0.2) is 35.5 Å². The number of hydrogen-bond acceptors (Lipinski definition) is 7. The van der Waals surface area contributed by atoms with Crippen LogP contribution < -0.4 is 10.9 Å². The summed E-state index contributed by atoms with van der Waals surface area (Å²) in [6.45, 7) is 3.56. The first-order chi connectivity index (χ1) is 16.2. The molecule has 0 bridgehead atoms. The van der Waals surface area contributed by atoms with Gasteiger partial charge in [0.25, 0.3) is 11.5 Å². The van der Waals surface area contributed by atoms with Crippen molar-refractivity contribution in [3.05, 3.63) is 86.9 Å². The molecule has 1 aromatic carbocycles. The highest BCUT2D eigenvalue weighted by Gasteiger charge is 2.32. The van der Waals surface area contributed by atoms with Crippen LogP contribution >= 0.6 is 11.6 Å². The first-order valence-electron chi connectivity index (χ1n) is 10.1. The van der Waals surface area contributed by atoms with Crippen molar-refractivity contribution in [1.82, 2.24) is 24.5 Å². The zero-order valence-corrected chi connectivity index (χ0v) is 19.1. The van der Waals surface area contributed by atoms with Crippen molar-refractivity contribution in [2.45, 2.75) is 25.8 Å². The van der Waals surface area contributed by atoms with E-state index >= 15 is 0 Å². The average molecular weight is 487 g/mol. The lowest BCUT2D eigenvalue weighted by Gasteiger charge is -2.28. The van der Waals surface area contributed by atoms with E-state index in [4.69, 9.17) is 11.6 Å². The summed E-state index contributed by atoms with van der Waals surface area (Å²) >= 11 is 6.43. The van der Waals surface area contributed by atoms with Gasteiger partial charge in [-0.05, 0) is 36.8 Å². The molecule has 34 heavy (non-hydrogen) atoms. The zero-order valence-electron chi connectivity index (χ0n) is 18.4. The first-order valence-corrected chi connectivity index (χ1v) is 10.5. The SMILES string of the molecule is Cc1ccnn1C(c1cc(F)ccc1Cl)C(C)c1nc(C(=O)Nc2cnoc2)c(O)c(=O)n1C. The number of hydrogen-bond donors (Lipinski definition) is 2. The van der Waals surface area contributed by atoms with Crippen molar-refractivity contribution in [2.75, 3.05) is 5.32 Å². The molecule has 10 nitrogen and oxygen atoms in total. The number of rotatable bonds is 6. The third-order valence-corrected chi connectivity index (χ3v) is 5.84. The first kappa shape index (κ1) is 23.2. The molecule has 0 spiro atoms. The zero-order chi connectivity index (χ0) is 24.6. The van der Waals surface area contributed by atoms with E-state index in [2.05, 4.69) is 25.1 Å². The van der Waals surface area contributed by atoms with E-state index in [1.807, 2.05) is 6.92 Å². The van der Waals surface area contributed by atoms with Crippen molar-refractivity contribution < 1.29 is 18.8 Å². The molecule has 0 fully saturated rings. The van der Waals surface area contributed by atoms with Gasteiger partial charge in [0.1, 0.15) is 23.6 Å². The van der Waals surface area contributed by atoms with Gasteiger partial charge < -0.3 is 14.9 Å². The Morgan fingerprint density at radius 2 is 2.09 bits per heavy atom. The van der Waals surface area contributed by atoms with Crippen LogP contribution in [0.5, 0.6) is 5.75 Å². The number of aromatic nitrogens is 5. The highest BCUT2D eigenvalue weighted by atomic mass is 35.5. The highest BCUT2D eigenvalue weighted by Crippen LogP contribution is 2.37. The number of nitrogens with one attached hydrogen (secondary N) is 1. The standard InChI is InChI=1S/C22H20ClFN6O4/c1-11-6-7-25-30(11)18(15-8-13(24)4-5-16(15)23)12(2)20-28-17(19(31)22(33)29(20)3)21(32)27-14-9-26-34-10-14/h4-10,12,18,31H,1-3H3,(H,27,32). The third kappa shape index (κ3) is 4.17. The summed E-state index contributed by atoms with van der Waals surface area (Å²) in [7, 11) is 1.42. The topological polar surface area (TPSA) is 128 Å². The van der Waals surface area contributed by atoms with Crippen molar-refractivity contribution in [1.29, 1.82) is 0 Å². The van der Waals surface area contributed by atoms with E-state index in [-0.39, 0.29) is 11.5 Å². The molecule has 176 valence electrons. The Balaban J connectivity index is 1.86. The molecule has 4 aromatic rings. The maximum Gasteiger partial charge on any atom is 0.296 e. The van der Waals surface area contributed by atoms with Gasteiger partial charge in [-0.25, -0.2) is 9.37 Å². The molecule has 2 N–H and O–H groups in total. The molecule has 0 aliphatic rings. The number of anilines is 1. The Hall–Kier alpha value is -3.99. The van der Waals surface area contributed by atoms with Crippen LogP contribution in [0.25, 0.3) is 0 Å². The van der Waals surface area contributed by atoms with Gasteiger partial charge in [0.15, 0.2) is 5.69 Å². The second kappa shape index (κ2) is 9.10. The van der Waals surface area contributed by atoms with Crippen LogP contribution in [0.3, 0.4) is 0 Å². The van der Waals surface area contributed by atoms with Crippen LogP contribution in [-0.2, 0) is 7.05 Å². The van der Waals surface area contributed by atoms with Gasteiger partial charge in [0, 0.05) is 29.9 Å². The third-order valence-electron chi connectivity index (χ3n) is 5.50. The van der Waals surface area contributed by atoms with E-state index in [1.54, 1.807) is 23.9 Å². The Kier molecular flexibility index (Phi) is 6.20. The lowest BCUT2D eigenvalue weighted by Crippen LogP contribution is -2.31. The number of aromatic hydroxyl groups is 1. The van der Waals surface area contributed by atoms with Crippen molar-refractivity contribution in [2.24, 2.45) is 7.05 Å². The van der Waals surface area contributed by atoms with Crippen molar-refractivity contribution in [3.8, 4) is 5.75 Å². The van der Waals surface area contributed by atoms with E-state index < -0.39 is 40.7 Å². The van der Waals surface area contributed by atoms with Crippen LogP contribution in [0.15, 0.2) is 52.2 Å². The maximum absolute atomic E-state index is 14.2. The van der Waals surface area contributed by atoms with Gasteiger partial charge in [0.2, 0.25) is 5.75 Å². The molecule has 0 saturated carbocycles. The molecule has 0 saturated heterocycles. The average Bonchev–Trinajstić information content (AvgIpc) is 3.46. The number of amides is 1. The lowest BCUT2D eigenvalue weighted by atomic mass is 9.93. The minimum atomic E-state index is -0.831. The van der Waals surface area contributed by atoms with E-state index in [0.717, 1.165) is 10.3 Å². The number of benzene rings is 1. The molecule has 3 aromatic heterocycles. The van der Waals surface area contributed by atoms with E-state index in [1.165, 1.54) is 37.7 Å². The molecule has 3 heterocycles. The summed E-state index contributed by atoms with van der Waals surface area (Å²) in [6, 6.07) is 5.06. The molecular weight excluding hydrogens is 467 g/mol. The van der Waals surface area contributed by atoms with Gasteiger partial charge in [0.05, 0.1) is 12.2 Å². The maximum atomic E-state index is 14.2. The summed E-state index contributed by atoms with van der Waals surface area (Å²) in [5.41, 5.74) is 0.0872. The summed E-state index contributed by atoms with van der Waals surface area (Å²) in [6.07, 6.45) is 4.02. The quantitative estimate of drug-likeness (QED) is 0.427. The summed E-state index contributed by atoms with van der Waals surface area (Å²) in [5.74, 6) is -2.63. The second-order valence-corrected chi connectivity index (χ2v) is 8.12. The predicted molar refractivity (Wildman–Crippen MR) is 121 cm³/mol. The smallest absolute Gasteiger partial charge is 0.296 e. The molecule has 12 heteroatoms. The summed E-state index contributed by atoms with van der Waals surface area (Å²) in [4.78, 5) is 29.9. The Bertz CT molecular complexity index is 1420. The highest BCUT2D eigenvalue weighted by molar-refractivity contribution is 6.31. The Morgan fingerprint density at radius 1 is 1.32 bits per heavy atom. The van der Waals surface area contributed by atoms with Gasteiger partial charge in [-0.3, -0.25) is 18.8 Å². The largest absolute Gasteiger partial charge is 0.501 e. The van der Waals surface area contributed by atoms with Gasteiger partial charge >= 0.3 is 0 Å². The normalized spacial score (nSPS) is 13.0. The lowest BCUT2D eigenvalue weighted by molar-refractivity contribution is 0.101. The predicted octanol–water partition coefficient (Wildman–Crippen LogP) is 3.42. The molecule has 0 radical (unpaired) electrons. The molecular formula is C22H20ClFN6O4. The fourth-order valence-corrected chi connectivity index (χ4v) is 4.03. The Labute approximate surface area is 197 Å². The fraction of sp³-hybridized carbons (Fsp3) is 0.227. The fourth-order valence-electron chi connectivity index (χ4n) is 3.80. The van der Waals surface area contributed by atoms with Crippen molar-refractivity contribution in [3.63, 3.8) is 0 Å². The number of carbonyl (C=O) groups is 1. The van der Waals surface area contributed by atoms with Gasteiger partial charge in [-0.15, -0.1) is 0 Å². The molecule has 1 amide bonds. The van der Waals surface area contributed by atoms with Crippen LogP contribution in [0.1, 0.15) is 46.5 Å². The minimum Gasteiger partial charge on any atom is -0.501 e. The van der Waals surface area contributed by atoms with Crippen LogP contribution in [0.4, 0.5) is 10.1 Å². The summed E-state index contributed by atoms with van der Waals surface area (Å²) in [5, 5.41) is 21.0. The van der Waals surface area contributed by atoms with E-state index in [0.29, 0.717) is 10.6 Å². The number of nitrogens with zero attached hydrogens (tertiary/aromatic N) is 5. The minimum absolute atomic E-state index is 0.151. The number of aryl methyl sites for hydroxylation is 1. The summed E-state index contributed by atoms with van der Waals surface area (Å²) < 4.78 is 21.7. The van der Waals surface area contributed by atoms with Crippen LogP contribution in [0.2, 0.25) is 5.02 Å². The molecule has 0 aliphatic carbocycles. The molecule has 0 aliphatic heterocycles. The number of halogens is 2. The Morgan fingerprint density at radius 3 is 2.74 bits per heavy atom. The van der Waals surface area contributed by atoms with E-state index in [9.17, 15) is 19.1 Å². The van der Waals surface area contributed by atoms with Crippen molar-refractivity contribution >= 4 is 23.2 Å². The number of carbonyl (C=O) groups excluding carboxylic acids is 1. The van der Waals surface area contributed by atoms with Crippen LogP contribution in [0, 0.1) is 12.7 Å². The van der Waals surface area contributed by atoms with Gasteiger partial charge in [-0.1, -0.05) is 23.7 Å². The second-order valence-electron chi connectivity index (χ2n) is 7.72. The monoisotopic (exact) mass is 486 g/mol. The molecule has 2 unspecified atom stereocenters.